The lowest BCUT2D eigenvalue weighted by Crippen LogP contribution is -2.46. The summed E-state index contributed by atoms with van der Waals surface area (Å²) in [5.41, 5.74) is 16.8. The van der Waals surface area contributed by atoms with Gasteiger partial charge in [-0.2, -0.15) is 0 Å². The van der Waals surface area contributed by atoms with Crippen molar-refractivity contribution in [1.82, 2.24) is 30.3 Å². The Morgan fingerprint density at radius 3 is 2.18 bits per heavy atom. The molecule has 3 aliphatic rings. The summed E-state index contributed by atoms with van der Waals surface area (Å²) in [4.78, 5) is 126. The first-order chi connectivity index (χ1) is 39.2. The van der Waals surface area contributed by atoms with Crippen LogP contribution in [0.2, 0.25) is 0 Å². The zero-order valence-corrected chi connectivity index (χ0v) is 48.6. The normalized spacial score (nSPS) is 15.0. The highest BCUT2D eigenvalue weighted by molar-refractivity contribution is 6.13. The number of piperidine rings is 1. The number of aliphatic imine (C=N–C) groups is 1. The molecule has 82 heavy (non-hydrogen) atoms. The molecule has 0 bridgehead atoms. The molecule has 6 rings (SSSR count). The highest BCUT2D eigenvalue weighted by atomic mass is 16.5. The van der Waals surface area contributed by atoms with Gasteiger partial charge in [0.2, 0.25) is 11.8 Å². The van der Waals surface area contributed by atoms with Crippen molar-refractivity contribution in [3.8, 4) is 0 Å². The van der Waals surface area contributed by atoms with E-state index in [1.165, 1.54) is 17.1 Å². The molecule has 7 N–H and O–H groups in total. The van der Waals surface area contributed by atoms with Crippen molar-refractivity contribution in [2.75, 3.05) is 51.6 Å². The zero-order chi connectivity index (χ0) is 59.7. The van der Waals surface area contributed by atoms with Crippen LogP contribution in [0.4, 0.5) is 16.2 Å². The number of imide groups is 1. The number of amides is 7. The molecular weight excluding hydrogens is 1040 g/mol. The van der Waals surface area contributed by atoms with Crippen LogP contribution in [0.3, 0.4) is 0 Å². The summed E-state index contributed by atoms with van der Waals surface area (Å²) in [5, 5.41) is 8.22. The van der Waals surface area contributed by atoms with Gasteiger partial charge in [0.05, 0.1) is 23.6 Å². The SMILES string of the molecule is CC(C)[C@H](CC(=O)CCCCCN1C(=O)C=CC1=O)C(=O)N[C@@H](CCCNC(N)=O)C(=O)Cc1ccc(COC(=O)CC2CCN(C)CC2)cc1.CCCN(CCC)C(=O)C1=Cc2ccc(C(=O)Nc3ccc(C)nc3)cc2N=C(N)C1. The molecule has 0 unspecified atom stereocenters. The van der Waals surface area contributed by atoms with Gasteiger partial charge in [0.15, 0.2) is 5.78 Å². The fourth-order valence-electron chi connectivity index (χ4n) is 9.78. The van der Waals surface area contributed by atoms with Crippen molar-refractivity contribution in [2.45, 2.75) is 137 Å². The number of amidine groups is 1. The van der Waals surface area contributed by atoms with Gasteiger partial charge in [-0.3, -0.25) is 48.2 Å². The molecule has 0 saturated carbocycles. The van der Waals surface area contributed by atoms with E-state index in [1.807, 2.05) is 49.9 Å². The third-order valence-corrected chi connectivity index (χ3v) is 14.6. The number of unbranched alkanes of at least 4 members (excludes halogenated alkanes) is 2. The van der Waals surface area contributed by atoms with Crippen LogP contribution >= 0.6 is 0 Å². The number of nitrogens with one attached hydrogen (secondary N) is 3. The molecule has 1 saturated heterocycles. The second-order valence-electron chi connectivity index (χ2n) is 21.8. The highest BCUT2D eigenvalue weighted by Crippen LogP contribution is 2.29. The van der Waals surface area contributed by atoms with Crippen LogP contribution in [0.5, 0.6) is 0 Å². The molecule has 2 aromatic carbocycles. The Balaban J connectivity index is 0.000000338. The number of carbonyl (C=O) groups is 9. The summed E-state index contributed by atoms with van der Waals surface area (Å²) >= 11 is 0. The minimum absolute atomic E-state index is 0.0107. The van der Waals surface area contributed by atoms with Crippen LogP contribution in [0.15, 0.2) is 83.5 Å². The number of hydrogen-bond acceptors (Lipinski definition) is 14. The summed E-state index contributed by atoms with van der Waals surface area (Å²) in [6.07, 6.45) is 13.3. The van der Waals surface area contributed by atoms with Gasteiger partial charge < -0.3 is 42.0 Å². The number of Topliss-reactive ketones (excluding diaryl/α,β-unsaturated/α-hetero) is 2. The average molecular weight is 1130 g/mol. The summed E-state index contributed by atoms with van der Waals surface area (Å²) < 4.78 is 5.50. The van der Waals surface area contributed by atoms with Crippen molar-refractivity contribution < 1.29 is 47.9 Å². The van der Waals surface area contributed by atoms with E-state index in [2.05, 4.69) is 51.7 Å². The smallest absolute Gasteiger partial charge is 0.312 e. The number of likely N-dealkylation sites (tertiary alicyclic amines) is 1. The van der Waals surface area contributed by atoms with Crippen LogP contribution in [0.25, 0.3) is 6.08 Å². The molecule has 3 aromatic rings. The van der Waals surface area contributed by atoms with E-state index in [1.54, 1.807) is 42.6 Å². The molecule has 4 heterocycles. The van der Waals surface area contributed by atoms with Gasteiger partial charge in [0.25, 0.3) is 17.7 Å². The van der Waals surface area contributed by atoms with Crippen molar-refractivity contribution in [2.24, 2.45) is 34.2 Å². The molecule has 0 radical (unpaired) electrons. The number of ketones is 2. The van der Waals surface area contributed by atoms with Crippen molar-refractivity contribution in [3.05, 3.63) is 106 Å². The average Bonchev–Trinajstić information content (AvgIpc) is 3.87. The fraction of sp³-hybridized carbons (Fsp3) is 0.500. The number of esters is 1. The third kappa shape index (κ3) is 21.6. The van der Waals surface area contributed by atoms with Gasteiger partial charge in [0.1, 0.15) is 18.2 Å². The van der Waals surface area contributed by atoms with E-state index in [9.17, 15) is 43.2 Å². The number of primary amides is 1. The minimum atomic E-state index is -0.839. The molecule has 7 amide bonds. The minimum Gasteiger partial charge on any atom is -0.461 e. The van der Waals surface area contributed by atoms with Gasteiger partial charge in [-0.25, -0.2) is 9.79 Å². The maximum Gasteiger partial charge on any atom is 0.312 e. The summed E-state index contributed by atoms with van der Waals surface area (Å²) in [6.45, 7) is 13.8. The first-order valence-electron chi connectivity index (χ1n) is 28.8. The Hall–Kier alpha value is -7.87. The van der Waals surface area contributed by atoms with Crippen molar-refractivity contribution in [3.63, 3.8) is 0 Å². The van der Waals surface area contributed by atoms with E-state index in [-0.39, 0.29) is 98.2 Å². The number of benzene rings is 2. The number of aryl methyl sites for hydroxylation is 1. The van der Waals surface area contributed by atoms with Crippen molar-refractivity contribution >= 4 is 76.4 Å². The van der Waals surface area contributed by atoms with Crippen LogP contribution in [-0.4, -0.2) is 131 Å². The monoisotopic (exact) mass is 1130 g/mol. The molecule has 2 atom stereocenters. The van der Waals surface area contributed by atoms with Gasteiger partial charge in [0, 0.05) is 98.7 Å². The number of ether oxygens (including phenoxy) is 1. The van der Waals surface area contributed by atoms with E-state index in [0.29, 0.717) is 86.0 Å². The highest BCUT2D eigenvalue weighted by Gasteiger charge is 2.30. The van der Waals surface area contributed by atoms with E-state index in [4.69, 9.17) is 16.2 Å². The quantitative estimate of drug-likeness (QED) is 0.0260. The van der Waals surface area contributed by atoms with Crippen LogP contribution in [-0.2, 0) is 51.3 Å². The topological polar surface area (TPSA) is 286 Å². The van der Waals surface area contributed by atoms with Gasteiger partial charge >= 0.3 is 12.0 Å². The number of anilines is 1. The summed E-state index contributed by atoms with van der Waals surface area (Å²) in [5.74, 6) is -1.88. The van der Waals surface area contributed by atoms with E-state index >= 15 is 0 Å². The maximum absolute atomic E-state index is 13.5. The lowest BCUT2D eigenvalue weighted by Gasteiger charge is -2.28. The number of hydrogen-bond donors (Lipinski definition) is 5. The number of nitrogens with zero attached hydrogens (tertiary/aromatic N) is 5. The van der Waals surface area contributed by atoms with E-state index in [0.717, 1.165) is 61.2 Å². The number of nitrogens with two attached hydrogens (primary N) is 2. The van der Waals surface area contributed by atoms with Crippen LogP contribution < -0.4 is 27.4 Å². The summed E-state index contributed by atoms with van der Waals surface area (Å²) in [7, 11) is 2.08. The Labute approximate surface area is 482 Å². The standard InChI is InChI=1S/C38H55N5O8.C24H29N5O2/c1-26(2)31(24-30(44)8-5-4-6-19-43-34(46)14-15-35(43)47)37(49)41-32(9-7-18-40-38(39)50)33(45)22-27-10-12-29(13-11-27)25-51-36(48)23-28-16-20-42(3)21-17-28;1-4-10-29(11-5-2)24(31)19-12-17-7-8-18(13-21(17)28-22(25)14-19)23(30)27-20-9-6-16(3)26-15-20/h10-15,26,28,31-32H,4-9,16-25H2,1-3H3,(H,41,49)(H3,39,40,50);6-9,12-13,15H,4-5,10-11,14H2,1-3H3,(H2,25,28)(H,27,30)/t31-,32-;/m0./s1. The Bertz CT molecular complexity index is 2780. The van der Waals surface area contributed by atoms with Crippen LogP contribution in [0.1, 0.15) is 144 Å². The van der Waals surface area contributed by atoms with Gasteiger partial charge in [-0.05, 0) is 132 Å². The molecule has 1 aromatic heterocycles. The second-order valence-corrected chi connectivity index (χ2v) is 21.8. The second kappa shape index (κ2) is 33.2. The van der Waals surface area contributed by atoms with Gasteiger partial charge in [-0.15, -0.1) is 0 Å². The number of urea groups is 1. The number of fused-ring (bicyclic) bond motifs is 1. The zero-order valence-electron chi connectivity index (χ0n) is 48.6. The number of carbonyl (C=O) groups excluding carboxylic acids is 9. The molecule has 20 nitrogen and oxygen atoms in total. The van der Waals surface area contributed by atoms with E-state index < -0.39 is 18.0 Å². The third-order valence-electron chi connectivity index (χ3n) is 14.6. The number of aromatic nitrogens is 1. The molecule has 442 valence electrons. The Kier molecular flexibility index (Phi) is 26.3. The molecule has 0 aliphatic carbocycles. The van der Waals surface area contributed by atoms with Gasteiger partial charge in [-0.1, -0.05) is 64.4 Å². The number of rotatable bonds is 29. The molecule has 20 heteroatoms. The van der Waals surface area contributed by atoms with Crippen molar-refractivity contribution in [1.29, 1.82) is 0 Å². The maximum atomic E-state index is 13.5. The lowest BCUT2D eigenvalue weighted by molar-refractivity contribution is -0.146. The molecule has 0 spiro atoms. The number of pyridine rings is 1. The Morgan fingerprint density at radius 2 is 1.55 bits per heavy atom. The lowest BCUT2D eigenvalue weighted by atomic mass is 9.88. The van der Waals surface area contributed by atoms with Crippen LogP contribution in [0, 0.1) is 24.7 Å². The summed E-state index contributed by atoms with van der Waals surface area (Å²) in [6, 6.07) is 14.6. The first kappa shape index (κ1) is 64.9. The Morgan fingerprint density at radius 1 is 0.866 bits per heavy atom. The molecule has 3 aliphatic heterocycles. The largest absolute Gasteiger partial charge is 0.461 e. The first-order valence-corrected chi connectivity index (χ1v) is 28.8. The molecule has 1 fully saturated rings. The fourth-order valence-corrected chi connectivity index (χ4v) is 9.78. The molecular formula is C62H84N10O10. The predicted molar refractivity (Wildman–Crippen MR) is 315 cm³/mol. The predicted octanol–water partition coefficient (Wildman–Crippen LogP) is 7.29.